The number of amides is 3. The van der Waals surface area contributed by atoms with Crippen LogP contribution in [0.4, 0.5) is 4.79 Å². The number of nitrogens with zero attached hydrogens (tertiary/aromatic N) is 1. The summed E-state index contributed by atoms with van der Waals surface area (Å²) in [6.45, 7) is 4.10. The molecule has 2 aliphatic heterocycles. The Bertz CT molecular complexity index is 312. The molecule has 0 aromatic rings. The summed E-state index contributed by atoms with van der Waals surface area (Å²) in [4.78, 5) is 25.1. The second-order valence-electron chi connectivity index (χ2n) is 4.70. The minimum atomic E-state index is -0.231. The van der Waals surface area contributed by atoms with Crippen molar-refractivity contribution in [3.05, 3.63) is 0 Å². The Labute approximate surface area is 112 Å². The van der Waals surface area contributed by atoms with E-state index in [1.807, 2.05) is 0 Å². The van der Waals surface area contributed by atoms with E-state index in [-0.39, 0.29) is 18.0 Å². The van der Waals surface area contributed by atoms with Crippen molar-refractivity contribution in [2.24, 2.45) is 0 Å². The molecule has 7 heteroatoms. The molecule has 0 aromatic heterocycles. The van der Waals surface area contributed by atoms with Gasteiger partial charge in [0.1, 0.15) is 0 Å². The molecule has 0 bridgehead atoms. The number of nitrogens with one attached hydrogen (secondary N) is 2. The third kappa shape index (κ3) is 4.68. The zero-order valence-corrected chi connectivity index (χ0v) is 11.0. The van der Waals surface area contributed by atoms with Gasteiger partial charge in [0, 0.05) is 32.7 Å². The van der Waals surface area contributed by atoms with Gasteiger partial charge >= 0.3 is 6.03 Å². The Hall–Kier alpha value is -1.34. The van der Waals surface area contributed by atoms with E-state index in [0.717, 1.165) is 6.42 Å². The molecule has 2 fully saturated rings. The third-order valence-corrected chi connectivity index (χ3v) is 3.25. The van der Waals surface area contributed by atoms with Crippen LogP contribution < -0.4 is 10.6 Å². The second kappa shape index (κ2) is 7.30. The monoisotopic (exact) mass is 271 g/mol. The number of rotatable bonds is 4. The van der Waals surface area contributed by atoms with Crippen molar-refractivity contribution in [2.45, 2.75) is 18.9 Å². The SMILES string of the molecule is O=C(NCCC(=O)N1CCOCC1)NC1CCOC1. The molecule has 0 saturated carbocycles. The van der Waals surface area contributed by atoms with Crippen molar-refractivity contribution in [2.75, 3.05) is 46.1 Å². The number of carbonyl (C=O) groups is 2. The minimum absolute atomic E-state index is 0.0628. The first kappa shape index (κ1) is 14.1. The molecule has 1 unspecified atom stereocenters. The Morgan fingerprint density at radius 3 is 2.63 bits per heavy atom. The normalized spacial score (nSPS) is 23.2. The van der Waals surface area contributed by atoms with Gasteiger partial charge in [-0.05, 0) is 6.42 Å². The van der Waals surface area contributed by atoms with Crippen molar-refractivity contribution in [1.82, 2.24) is 15.5 Å². The van der Waals surface area contributed by atoms with Crippen molar-refractivity contribution < 1.29 is 19.1 Å². The first-order valence-corrected chi connectivity index (χ1v) is 6.73. The number of ether oxygens (including phenoxy) is 2. The van der Waals surface area contributed by atoms with Crippen LogP contribution in [0.3, 0.4) is 0 Å². The molecule has 2 heterocycles. The van der Waals surface area contributed by atoms with Crippen LogP contribution in [0.5, 0.6) is 0 Å². The number of morpholine rings is 1. The van der Waals surface area contributed by atoms with E-state index in [1.165, 1.54) is 0 Å². The van der Waals surface area contributed by atoms with E-state index in [2.05, 4.69) is 10.6 Å². The Morgan fingerprint density at radius 2 is 1.95 bits per heavy atom. The summed E-state index contributed by atoms with van der Waals surface area (Å²) in [5.74, 6) is 0.0628. The smallest absolute Gasteiger partial charge is 0.315 e. The van der Waals surface area contributed by atoms with Crippen LogP contribution in [-0.4, -0.2) is 68.9 Å². The lowest BCUT2D eigenvalue weighted by molar-refractivity contribution is -0.135. The Kier molecular flexibility index (Phi) is 5.41. The molecule has 2 rings (SSSR count). The second-order valence-corrected chi connectivity index (χ2v) is 4.70. The van der Waals surface area contributed by atoms with Gasteiger partial charge in [-0.25, -0.2) is 4.79 Å². The first-order valence-electron chi connectivity index (χ1n) is 6.73. The lowest BCUT2D eigenvalue weighted by Crippen LogP contribution is -2.45. The first-order chi connectivity index (χ1) is 9.25. The third-order valence-electron chi connectivity index (χ3n) is 3.25. The summed E-state index contributed by atoms with van der Waals surface area (Å²) in [5.41, 5.74) is 0. The maximum Gasteiger partial charge on any atom is 0.315 e. The van der Waals surface area contributed by atoms with Gasteiger partial charge in [0.2, 0.25) is 5.91 Å². The summed E-state index contributed by atoms with van der Waals surface area (Å²) in [6.07, 6.45) is 1.18. The van der Waals surface area contributed by atoms with E-state index in [9.17, 15) is 9.59 Å². The topological polar surface area (TPSA) is 79.9 Å². The van der Waals surface area contributed by atoms with Crippen molar-refractivity contribution in [3.63, 3.8) is 0 Å². The summed E-state index contributed by atoms with van der Waals surface area (Å²) in [5, 5.41) is 5.51. The number of hydrogen-bond donors (Lipinski definition) is 2. The summed E-state index contributed by atoms with van der Waals surface area (Å²) < 4.78 is 10.3. The van der Waals surface area contributed by atoms with Gasteiger partial charge < -0.3 is 25.0 Å². The van der Waals surface area contributed by atoms with Gasteiger partial charge in [0.05, 0.1) is 25.9 Å². The van der Waals surface area contributed by atoms with Crippen LogP contribution >= 0.6 is 0 Å². The molecule has 0 spiro atoms. The molecule has 2 N–H and O–H groups in total. The minimum Gasteiger partial charge on any atom is -0.379 e. The van der Waals surface area contributed by atoms with Gasteiger partial charge in [-0.1, -0.05) is 0 Å². The van der Waals surface area contributed by atoms with Crippen molar-refractivity contribution in [3.8, 4) is 0 Å². The standard InChI is InChI=1S/C12H21N3O4/c16-11(15-4-7-18-8-5-15)1-3-13-12(17)14-10-2-6-19-9-10/h10H,1-9H2,(H2,13,14,17). The number of urea groups is 1. The van der Waals surface area contributed by atoms with Crippen LogP contribution in [0.15, 0.2) is 0 Å². The summed E-state index contributed by atoms with van der Waals surface area (Å²) in [6, 6.07) is -0.139. The average molecular weight is 271 g/mol. The number of hydrogen-bond acceptors (Lipinski definition) is 4. The Balaban J connectivity index is 1.57. The van der Waals surface area contributed by atoms with E-state index in [0.29, 0.717) is 52.5 Å². The maximum absolute atomic E-state index is 11.8. The van der Waals surface area contributed by atoms with Crippen LogP contribution in [0.2, 0.25) is 0 Å². The van der Waals surface area contributed by atoms with Crippen LogP contribution in [0.25, 0.3) is 0 Å². The fourth-order valence-electron chi connectivity index (χ4n) is 2.14. The predicted molar refractivity (Wildman–Crippen MR) is 67.8 cm³/mol. The van der Waals surface area contributed by atoms with Crippen LogP contribution in [0.1, 0.15) is 12.8 Å². The molecular weight excluding hydrogens is 250 g/mol. The van der Waals surface area contributed by atoms with Crippen molar-refractivity contribution in [1.29, 1.82) is 0 Å². The van der Waals surface area contributed by atoms with Gasteiger partial charge in [0.25, 0.3) is 0 Å². The van der Waals surface area contributed by atoms with Gasteiger partial charge in [-0.3, -0.25) is 4.79 Å². The molecule has 19 heavy (non-hydrogen) atoms. The maximum atomic E-state index is 11.8. The predicted octanol–water partition coefficient (Wildman–Crippen LogP) is -0.677. The quantitative estimate of drug-likeness (QED) is 0.710. The van der Waals surface area contributed by atoms with E-state index in [1.54, 1.807) is 4.90 Å². The van der Waals surface area contributed by atoms with E-state index >= 15 is 0 Å². The van der Waals surface area contributed by atoms with Gasteiger partial charge in [0.15, 0.2) is 0 Å². The van der Waals surface area contributed by atoms with Crippen molar-refractivity contribution >= 4 is 11.9 Å². The average Bonchev–Trinajstić information content (AvgIpc) is 2.92. The highest BCUT2D eigenvalue weighted by atomic mass is 16.5. The molecule has 2 saturated heterocycles. The molecule has 2 aliphatic rings. The molecule has 7 nitrogen and oxygen atoms in total. The van der Waals surface area contributed by atoms with Gasteiger partial charge in [-0.15, -0.1) is 0 Å². The molecule has 0 aliphatic carbocycles. The van der Waals surface area contributed by atoms with Crippen LogP contribution in [0, 0.1) is 0 Å². The Morgan fingerprint density at radius 1 is 1.16 bits per heavy atom. The summed E-state index contributed by atoms with van der Waals surface area (Å²) in [7, 11) is 0. The molecule has 0 aromatic carbocycles. The van der Waals surface area contributed by atoms with E-state index in [4.69, 9.17) is 9.47 Å². The van der Waals surface area contributed by atoms with E-state index < -0.39 is 0 Å². The van der Waals surface area contributed by atoms with Gasteiger partial charge in [-0.2, -0.15) is 0 Å². The highest BCUT2D eigenvalue weighted by Gasteiger charge is 2.19. The highest BCUT2D eigenvalue weighted by molar-refractivity contribution is 5.78. The van der Waals surface area contributed by atoms with Crippen LogP contribution in [-0.2, 0) is 14.3 Å². The zero-order valence-electron chi connectivity index (χ0n) is 11.0. The molecule has 0 radical (unpaired) electrons. The fourth-order valence-corrected chi connectivity index (χ4v) is 2.14. The lowest BCUT2D eigenvalue weighted by atomic mass is 10.3. The largest absolute Gasteiger partial charge is 0.379 e. The molecule has 3 amide bonds. The molecular formula is C12H21N3O4. The highest BCUT2D eigenvalue weighted by Crippen LogP contribution is 2.02. The zero-order chi connectivity index (χ0) is 13.5. The molecule has 1 atom stereocenters. The number of carbonyl (C=O) groups excluding carboxylic acids is 2. The summed E-state index contributed by atoms with van der Waals surface area (Å²) >= 11 is 0. The lowest BCUT2D eigenvalue weighted by Gasteiger charge is -2.26. The molecule has 108 valence electrons. The fraction of sp³-hybridized carbons (Fsp3) is 0.833.